The molecule has 0 aromatic heterocycles. The van der Waals surface area contributed by atoms with Gasteiger partial charge in [-0.3, -0.25) is 0 Å². The van der Waals surface area contributed by atoms with Crippen molar-refractivity contribution in [2.45, 2.75) is 33.3 Å². The third-order valence-electron chi connectivity index (χ3n) is 2.48. The second kappa shape index (κ2) is 4.83. The Morgan fingerprint density at radius 1 is 1.50 bits per heavy atom. The summed E-state index contributed by atoms with van der Waals surface area (Å²) in [5, 5.41) is 0. The summed E-state index contributed by atoms with van der Waals surface area (Å²) >= 11 is 0. The lowest BCUT2D eigenvalue weighted by atomic mass is 10.1. The van der Waals surface area contributed by atoms with Crippen LogP contribution in [0.2, 0.25) is 0 Å². The highest BCUT2D eigenvalue weighted by Gasteiger charge is 2.21. The summed E-state index contributed by atoms with van der Waals surface area (Å²) in [6.45, 7) is 11.1. The van der Waals surface area contributed by atoms with Crippen LogP contribution >= 0.6 is 0 Å². The first-order chi connectivity index (χ1) is 5.72. The van der Waals surface area contributed by atoms with Crippen LogP contribution in [-0.2, 0) is 4.74 Å². The van der Waals surface area contributed by atoms with Gasteiger partial charge in [0.15, 0.2) is 0 Å². The average molecular weight is 171 g/mol. The van der Waals surface area contributed by atoms with E-state index in [0.29, 0.717) is 6.10 Å². The van der Waals surface area contributed by atoms with Crippen LogP contribution in [0.1, 0.15) is 27.2 Å². The largest absolute Gasteiger partial charge is 0.378 e. The van der Waals surface area contributed by atoms with Gasteiger partial charge in [-0.25, -0.2) is 0 Å². The maximum atomic E-state index is 5.59. The molecule has 0 aromatic carbocycles. The number of nitrogens with zero attached hydrogens (tertiary/aromatic N) is 1. The summed E-state index contributed by atoms with van der Waals surface area (Å²) in [5.74, 6) is 0.785. The van der Waals surface area contributed by atoms with Crippen LogP contribution in [0, 0.1) is 5.92 Å². The van der Waals surface area contributed by atoms with Crippen molar-refractivity contribution in [3.05, 3.63) is 0 Å². The van der Waals surface area contributed by atoms with Crippen LogP contribution in [0.25, 0.3) is 0 Å². The van der Waals surface area contributed by atoms with E-state index in [2.05, 4.69) is 25.7 Å². The monoisotopic (exact) mass is 171 g/mol. The van der Waals surface area contributed by atoms with E-state index in [1.54, 1.807) is 0 Å². The Hall–Kier alpha value is -0.0800. The normalized spacial score (nSPS) is 25.5. The molecule has 1 saturated heterocycles. The lowest BCUT2D eigenvalue weighted by Gasteiger charge is -2.14. The van der Waals surface area contributed by atoms with Crippen LogP contribution in [0.5, 0.6) is 0 Å². The minimum Gasteiger partial charge on any atom is -0.378 e. The smallest absolute Gasteiger partial charge is 0.0519 e. The summed E-state index contributed by atoms with van der Waals surface area (Å²) in [7, 11) is 0. The second-order valence-corrected chi connectivity index (χ2v) is 3.93. The Morgan fingerprint density at radius 2 is 2.25 bits per heavy atom. The van der Waals surface area contributed by atoms with Crippen molar-refractivity contribution >= 4 is 0 Å². The van der Waals surface area contributed by atoms with Gasteiger partial charge in [0, 0.05) is 6.54 Å². The molecular weight excluding hydrogens is 150 g/mol. The Labute approximate surface area is 75.9 Å². The van der Waals surface area contributed by atoms with Gasteiger partial charge in [-0.15, -0.1) is 0 Å². The molecule has 0 amide bonds. The zero-order valence-electron chi connectivity index (χ0n) is 8.55. The van der Waals surface area contributed by atoms with Gasteiger partial charge in [-0.2, -0.15) is 0 Å². The molecule has 1 fully saturated rings. The van der Waals surface area contributed by atoms with Crippen LogP contribution in [-0.4, -0.2) is 37.2 Å². The first-order valence-corrected chi connectivity index (χ1v) is 5.06. The van der Waals surface area contributed by atoms with E-state index in [4.69, 9.17) is 4.74 Å². The molecule has 0 spiro atoms. The number of rotatable bonds is 4. The van der Waals surface area contributed by atoms with Gasteiger partial charge in [0.25, 0.3) is 0 Å². The fraction of sp³-hybridized carbons (Fsp3) is 1.00. The Bertz CT molecular complexity index is 125. The number of ether oxygens (including phenoxy) is 1. The van der Waals surface area contributed by atoms with Gasteiger partial charge in [-0.05, 0) is 39.3 Å². The second-order valence-electron chi connectivity index (χ2n) is 3.93. The number of likely N-dealkylation sites (tertiary alicyclic amines) is 1. The molecule has 0 aliphatic carbocycles. The summed E-state index contributed by atoms with van der Waals surface area (Å²) in [5.41, 5.74) is 0. The quantitative estimate of drug-likeness (QED) is 0.639. The Kier molecular flexibility index (Phi) is 4.02. The molecule has 0 aromatic rings. The van der Waals surface area contributed by atoms with Crippen LogP contribution in [0.3, 0.4) is 0 Å². The van der Waals surface area contributed by atoms with Crippen molar-refractivity contribution in [3.8, 4) is 0 Å². The van der Waals surface area contributed by atoms with Gasteiger partial charge < -0.3 is 9.64 Å². The zero-order valence-corrected chi connectivity index (χ0v) is 8.55. The van der Waals surface area contributed by atoms with Gasteiger partial charge in [-0.1, -0.05) is 6.92 Å². The van der Waals surface area contributed by atoms with E-state index in [0.717, 1.165) is 12.5 Å². The molecule has 2 heteroatoms. The van der Waals surface area contributed by atoms with Gasteiger partial charge in [0.1, 0.15) is 0 Å². The van der Waals surface area contributed by atoms with E-state index in [1.807, 2.05) is 0 Å². The molecule has 0 radical (unpaired) electrons. The van der Waals surface area contributed by atoms with E-state index in [-0.39, 0.29) is 0 Å². The molecule has 12 heavy (non-hydrogen) atoms. The van der Waals surface area contributed by atoms with Crippen LogP contribution in [0.4, 0.5) is 0 Å². The van der Waals surface area contributed by atoms with Crippen molar-refractivity contribution in [1.82, 2.24) is 4.90 Å². The molecular formula is C10H21NO. The van der Waals surface area contributed by atoms with Crippen molar-refractivity contribution < 1.29 is 4.74 Å². The van der Waals surface area contributed by atoms with E-state index in [1.165, 1.54) is 26.1 Å². The summed E-state index contributed by atoms with van der Waals surface area (Å²) < 4.78 is 5.59. The van der Waals surface area contributed by atoms with Gasteiger partial charge in [0.2, 0.25) is 0 Å². The van der Waals surface area contributed by atoms with E-state index in [9.17, 15) is 0 Å². The number of hydrogen-bond acceptors (Lipinski definition) is 2. The standard InChI is InChI=1S/C10H21NO/c1-4-11-6-5-10(7-11)8-12-9(2)3/h9-10H,4-8H2,1-3H3/t10-/m0/s1. The maximum absolute atomic E-state index is 5.59. The first kappa shape index (κ1) is 10.0. The predicted octanol–water partition coefficient (Wildman–Crippen LogP) is 1.75. The molecule has 72 valence electrons. The minimum atomic E-state index is 0.390. The molecule has 1 rings (SSSR count). The van der Waals surface area contributed by atoms with Crippen molar-refractivity contribution in [3.63, 3.8) is 0 Å². The Morgan fingerprint density at radius 3 is 2.75 bits per heavy atom. The highest BCUT2D eigenvalue weighted by atomic mass is 16.5. The van der Waals surface area contributed by atoms with E-state index < -0.39 is 0 Å². The molecule has 1 atom stereocenters. The third kappa shape index (κ3) is 3.11. The molecule has 1 aliphatic heterocycles. The maximum Gasteiger partial charge on any atom is 0.0519 e. The predicted molar refractivity (Wildman–Crippen MR) is 51.3 cm³/mol. The van der Waals surface area contributed by atoms with Gasteiger partial charge >= 0.3 is 0 Å². The fourth-order valence-corrected chi connectivity index (χ4v) is 1.66. The van der Waals surface area contributed by atoms with Crippen molar-refractivity contribution in [2.24, 2.45) is 5.92 Å². The Balaban J connectivity index is 2.11. The number of hydrogen-bond donors (Lipinski definition) is 0. The molecule has 0 unspecified atom stereocenters. The SMILES string of the molecule is CCN1CC[C@H](COC(C)C)C1. The molecule has 1 aliphatic rings. The topological polar surface area (TPSA) is 12.5 Å². The highest BCUT2D eigenvalue weighted by molar-refractivity contribution is 4.74. The zero-order chi connectivity index (χ0) is 8.97. The molecule has 0 N–H and O–H groups in total. The minimum absolute atomic E-state index is 0.390. The molecule has 0 saturated carbocycles. The van der Waals surface area contributed by atoms with E-state index >= 15 is 0 Å². The summed E-state index contributed by atoms with van der Waals surface area (Å²) in [6, 6.07) is 0. The highest BCUT2D eigenvalue weighted by Crippen LogP contribution is 2.16. The van der Waals surface area contributed by atoms with Crippen molar-refractivity contribution in [1.29, 1.82) is 0 Å². The fourth-order valence-electron chi connectivity index (χ4n) is 1.66. The van der Waals surface area contributed by atoms with Gasteiger partial charge in [0.05, 0.1) is 12.7 Å². The molecule has 1 heterocycles. The lowest BCUT2D eigenvalue weighted by Crippen LogP contribution is -2.22. The van der Waals surface area contributed by atoms with Crippen LogP contribution in [0.15, 0.2) is 0 Å². The summed E-state index contributed by atoms with van der Waals surface area (Å²) in [4.78, 5) is 2.49. The van der Waals surface area contributed by atoms with Crippen LogP contribution < -0.4 is 0 Å². The van der Waals surface area contributed by atoms with Crippen molar-refractivity contribution in [2.75, 3.05) is 26.2 Å². The lowest BCUT2D eigenvalue weighted by molar-refractivity contribution is 0.0532. The average Bonchev–Trinajstić information content (AvgIpc) is 2.48. The first-order valence-electron chi connectivity index (χ1n) is 5.06. The summed E-state index contributed by atoms with van der Waals surface area (Å²) in [6.07, 6.45) is 1.71. The molecule has 0 bridgehead atoms. The third-order valence-corrected chi connectivity index (χ3v) is 2.48. The molecule has 2 nitrogen and oxygen atoms in total.